The van der Waals surface area contributed by atoms with Gasteiger partial charge in [0.2, 0.25) is 0 Å². The summed E-state index contributed by atoms with van der Waals surface area (Å²) in [4.78, 5) is 23.1. The molecule has 0 bridgehead atoms. The molecule has 104 valence electrons. The van der Waals surface area contributed by atoms with Gasteiger partial charge in [-0.25, -0.2) is 0 Å². The van der Waals surface area contributed by atoms with Crippen LogP contribution in [0.3, 0.4) is 0 Å². The molecule has 4 nitrogen and oxygen atoms in total. The first-order chi connectivity index (χ1) is 9.17. The predicted molar refractivity (Wildman–Crippen MR) is 75.0 cm³/mol. The molecule has 1 aromatic carbocycles. The van der Waals surface area contributed by atoms with Crippen molar-refractivity contribution in [2.24, 2.45) is 0 Å². The lowest BCUT2D eigenvalue weighted by Gasteiger charge is -2.16. The normalized spacial score (nSPS) is 10.3. The molecule has 1 aromatic rings. The van der Waals surface area contributed by atoms with E-state index in [1.54, 1.807) is 12.1 Å². The highest BCUT2D eigenvalue weighted by Crippen LogP contribution is 2.38. The lowest BCUT2D eigenvalue weighted by Crippen LogP contribution is -2.13. The zero-order valence-electron chi connectivity index (χ0n) is 11.3. The van der Waals surface area contributed by atoms with Gasteiger partial charge in [-0.2, -0.15) is 0 Å². The third kappa shape index (κ3) is 5.84. The smallest absolute Gasteiger partial charge is 0.330 e. The molecule has 0 N–H and O–H groups in total. The topological polar surface area (TPSA) is 52.6 Å². The molecule has 19 heavy (non-hydrogen) atoms. The van der Waals surface area contributed by atoms with Gasteiger partial charge in [0, 0.05) is 12.8 Å². The lowest BCUT2D eigenvalue weighted by molar-refractivity contribution is -0.137. The highest BCUT2D eigenvalue weighted by Gasteiger charge is 2.22. The van der Waals surface area contributed by atoms with Crippen LogP contribution in [0.15, 0.2) is 30.3 Å². The monoisotopic (exact) mass is 282 g/mol. The van der Waals surface area contributed by atoms with Gasteiger partial charge in [-0.3, -0.25) is 9.59 Å². The van der Waals surface area contributed by atoms with E-state index in [9.17, 15) is 9.59 Å². The van der Waals surface area contributed by atoms with Crippen LogP contribution in [0.5, 0.6) is 0 Å². The van der Waals surface area contributed by atoms with Gasteiger partial charge in [0.05, 0.1) is 5.30 Å². The van der Waals surface area contributed by atoms with E-state index in [1.807, 2.05) is 32.0 Å². The number of hydrogen-bond acceptors (Lipinski definition) is 4. The standard InChI is InChI=1S/C14H19O4P/c1-3-8-13(15)17-19(18-14(16)9-4-2)12-10-6-5-7-11-12/h5-7,10-11H,3-4,8-9H2,1-2H3. The second-order valence-electron chi connectivity index (χ2n) is 4.02. The average molecular weight is 282 g/mol. The minimum absolute atomic E-state index is 0.330. The second kappa shape index (κ2) is 8.65. The van der Waals surface area contributed by atoms with Crippen LogP contribution in [0.2, 0.25) is 0 Å². The zero-order chi connectivity index (χ0) is 14.1. The summed E-state index contributed by atoms with van der Waals surface area (Å²) < 4.78 is 10.6. The van der Waals surface area contributed by atoms with Crippen molar-refractivity contribution < 1.29 is 18.6 Å². The molecule has 1 rings (SSSR count). The quantitative estimate of drug-likeness (QED) is 0.720. The Bertz CT molecular complexity index is 385. The van der Waals surface area contributed by atoms with Gasteiger partial charge >= 0.3 is 20.3 Å². The van der Waals surface area contributed by atoms with Crippen LogP contribution in [-0.2, 0) is 18.6 Å². The summed E-state index contributed by atoms with van der Waals surface area (Å²) in [5.41, 5.74) is 0. The third-order valence-electron chi connectivity index (χ3n) is 2.24. The number of benzene rings is 1. The Kier molecular flexibility index (Phi) is 7.12. The van der Waals surface area contributed by atoms with Crippen LogP contribution >= 0.6 is 8.38 Å². The number of rotatable bonds is 7. The number of carbonyl (C=O) groups is 2. The Morgan fingerprint density at radius 2 is 1.42 bits per heavy atom. The van der Waals surface area contributed by atoms with Crippen molar-refractivity contribution in [3.8, 4) is 0 Å². The summed E-state index contributed by atoms with van der Waals surface area (Å²) in [6.07, 6.45) is 2.08. The summed E-state index contributed by atoms with van der Waals surface area (Å²) in [7, 11) is -1.66. The molecule has 0 atom stereocenters. The van der Waals surface area contributed by atoms with E-state index < -0.39 is 8.38 Å². The van der Waals surface area contributed by atoms with E-state index in [1.165, 1.54) is 0 Å². The van der Waals surface area contributed by atoms with Crippen molar-refractivity contribution in [2.75, 3.05) is 0 Å². The minimum atomic E-state index is -1.66. The Balaban J connectivity index is 2.73. The van der Waals surface area contributed by atoms with Crippen LogP contribution < -0.4 is 5.30 Å². The van der Waals surface area contributed by atoms with Gasteiger partial charge in [-0.05, 0) is 25.0 Å². The van der Waals surface area contributed by atoms with Gasteiger partial charge in [0.1, 0.15) is 0 Å². The molecule has 0 aliphatic heterocycles. The summed E-state index contributed by atoms with van der Waals surface area (Å²) >= 11 is 0. The molecule has 0 aromatic heterocycles. The molecule has 0 saturated carbocycles. The molecule has 0 amide bonds. The van der Waals surface area contributed by atoms with Crippen molar-refractivity contribution in [1.29, 1.82) is 0 Å². The summed E-state index contributed by atoms with van der Waals surface area (Å²) in [5.74, 6) is -0.663. The first-order valence-electron chi connectivity index (χ1n) is 6.44. The van der Waals surface area contributed by atoms with E-state index >= 15 is 0 Å². The van der Waals surface area contributed by atoms with Crippen LogP contribution in [0, 0.1) is 0 Å². The average Bonchev–Trinajstić information content (AvgIpc) is 2.39. The maximum atomic E-state index is 11.6. The molecule has 0 saturated heterocycles. The molecule has 0 radical (unpaired) electrons. The van der Waals surface area contributed by atoms with Gasteiger partial charge in [0.15, 0.2) is 0 Å². The van der Waals surface area contributed by atoms with Crippen molar-refractivity contribution in [2.45, 2.75) is 39.5 Å². The molecule has 0 aliphatic carbocycles. The summed E-state index contributed by atoms with van der Waals surface area (Å²) in [5, 5.41) is 0.728. The molecule has 0 unspecified atom stereocenters. The first-order valence-corrected chi connectivity index (χ1v) is 7.61. The van der Waals surface area contributed by atoms with Gasteiger partial charge in [0.25, 0.3) is 0 Å². The summed E-state index contributed by atoms with van der Waals surface area (Å²) in [6, 6.07) is 9.10. The van der Waals surface area contributed by atoms with Crippen LogP contribution in [0.1, 0.15) is 39.5 Å². The fraction of sp³-hybridized carbons (Fsp3) is 0.429. The van der Waals surface area contributed by atoms with Crippen molar-refractivity contribution >= 4 is 25.6 Å². The van der Waals surface area contributed by atoms with Crippen molar-refractivity contribution in [1.82, 2.24) is 0 Å². The van der Waals surface area contributed by atoms with Crippen molar-refractivity contribution in [3.63, 3.8) is 0 Å². The highest BCUT2D eigenvalue weighted by atomic mass is 31.2. The molecule has 0 spiro atoms. The predicted octanol–water partition coefficient (Wildman–Crippen LogP) is 3.31. The third-order valence-corrected chi connectivity index (χ3v) is 3.70. The minimum Gasteiger partial charge on any atom is -0.403 e. The molecular weight excluding hydrogens is 263 g/mol. The van der Waals surface area contributed by atoms with Gasteiger partial charge in [-0.15, -0.1) is 0 Å². The Morgan fingerprint density at radius 3 is 1.84 bits per heavy atom. The van der Waals surface area contributed by atoms with Crippen LogP contribution in [-0.4, -0.2) is 11.9 Å². The largest absolute Gasteiger partial charge is 0.403 e. The summed E-state index contributed by atoms with van der Waals surface area (Å²) in [6.45, 7) is 3.80. The second-order valence-corrected chi connectivity index (χ2v) is 5.42. The fourth-order valence-corrected chi connectivity index (χ4v) is 2.57. The maximum Gasteiger partial charge on any atom is 0.330 e. The van der Waals surface area contributed by atoms with E-state index in [4.69, 9.17) is 9.05 Å². The zero-order valence-corrected chi connectivity index (χ0v) is 12.2. The van der Waals surface area contributed by atoms with E-state index in [0.717, 1.165) is 5.30 Å². The van der Waals surface area contributed by atoms with Crippen molar-refractivity contribution in [3.05, 3.63) is 30.3 Å². The lowest BCUT2D eigenvalue weighted by atomic mass is 10.3. The van der Waals surface area contributed by atoms with E-state index in [0.29, 0.717) is 25.7 Å². The van der Waals surface area contributed by atoms with Crippen LogP contribution in [0.25, 0.3) is 0 Å². The Labute approximate surface area is 115 Å². The van der Waals surface area contributed by atoms with Gasteiger partial charge in [-0.1, -0.05) is 32.0 Å². The molecule has 0 aliphatic rings. The van der Waals surface area contributed by atoms with Gasteiger partial charge < -0.3 is 9.05 Å². The van der Waals surface area contributed by atoms with Crippen LogP contribution in [0.4, 0.5) is 0 Å². The molecular formula is C14H19O4P. The maximum absolute atomic E-state index is 11.6. The first kappa shape index (κ1) is 15.6. The molecule has 0 heterocycles. The highest BCUT2D eigenvalue weighted by molar-refractivity contribution is 7.57. The molecule has 5 heteroatoms. The van der Waals surface area contributed by atoms with E-state index in [2.05, 4.69) is 0 Å². The number of carbonyl (C=O) groups excluding carboxylic acids is 2. The Morgan fingerprint density at radius 1 is 0.947 bits per heavy atom. The Hall–Kier alpha value is -1.41. The molecule has 0 fully saturated rings. The van der Waals surface area contributed by atoms with E-state index in [-0.39, 0.29) is 11.9 Å². The SMILES string of the molecule is CCCC(=O)OP(OC(=O)CCC)c1ccccc1. The number of hydrogen-bond donors (Lipinski definition) is 0. The fourth-order valence-electron chi connectivity index (χ4n) is 1.36.